The molecule has 2 heterocycles. The van der Waals surface area contributed by atoms with E-state index in [1.807, 2.05) is 19.1 Å². The van der Waals surface area contributed by atoms with Crippen molar-refractivity contribution >= 4 is 0 Å². The average Bonchev–Trinajstić information content (AvgIpc) is 2.79. The van der Waals surface area contributed by atoms with E-state index in [2.05, 4.69) is 32.5 Å². The van der Waals surface area contributed by atoms with E-state index >= 15 is 0 Å². The van der Waals surface area contributed by atoms with Gasteiger partial charge in [0.25, 0.3) is 0 Å². The molecule has 90 valence electrons. The SMILES string of the molecule is CCCNCc1ncnn1-c1ccc(C)nn1. The molecule has 0 aliphatic rings. The first-order valence-electron chi connectivity index (χ1n) is 5.71. The molecule has 0 bridgehead atoms. The maximum atomic E-state index is 4.21. The van der Waals surface area contributed by atoms with Crippen LogP contribution < -0.4 is 5.32 Å². The highest BCUT2D eigenvalue weighted by Crippen LogP contribution is 2.04. The van der Waals surface area contributed by atoms with Crippen molar-refractivity contribution in [2.75, 3.05) is 6.54 Å². The van der Waals surface area contributed by atoms with Gasteiger partial charge >= 0.3 is 0 Å². The van der Waals surface area contributed by atoms with E-state index in [0.717, 1.165) is 24.5 Å². The van der Waals surface area contributed by atoms with Crippen molar-refractivity contribution in [3.05, 3.63) is 30.0 Å². The molecule has 0 radical (unpaired) electrons. The highest BCUT2D eigenvalue weighted by Gasteiger charge is 2.07. The molecular weight excluding hydrogens is 216 g/mol. The van der Waals surface area contributed by atoms with Crippen molar-refractivity contribution in [2.45, 2.75) is 26.8 Å². The number of rotatable bonds is 5. The minimum Gasteiger partial charge on any atom is -0.310 e. The number of hydrogen-bond acceptors (Lipinski definition) is 5. The summed E-state index contributed by atoms with van der Waals surface area (Å²) in [5, 5.41) is 15.6. The summed E-state index contributed by atoms with van der Waals surface area (Å²) in [6.07, 6.45) is 2.63. The molecule has 0 aliphatic heterocycles. The third-order valence-corrected chi connectivity index (χ3v) is 2.33. The summed E-state index contributed by atoms with van der Waals surface area (Å²) in [5.41, 5.74) is 0.888. The van der Waals surface area contributed by atoms with Crippen LogP contribution in [0.4, 0.5) is 0 Å². The minimum absolute atomic E-state index is 0.684. The first-order chi connectivity index (χ1) is 8.31. The van der Waals surface area contributed by atoms with Gasteiger partial charge in [-0.15, -0.1) is 5.10 Å². The predicted molar refractivity (Wildman–Crippen MR) is 63.7 cm³/mol. The van der Waals surface area contributed by atoms with Gasteiger partial charge in [0.15, 0.2) is 5.82 Å². The molecule has 2 aromatic rings. The molecule has 6 heteroatoms. The van der Waals surface area contributed by atoms with Crippen molar-refractivity contribution < 1.29 is 0 Å². The Morgan fingerprint density at radius 1 is 1.29 bits per heavy atom. The van der Waals surface area contributed by atoms with Gasteiger partial charge < -0.3 is 5.32 Å². The lowest BCUT2D eigenvalue weighted by Gasteiger charge is -2.05. The van der Waals surface area contributed by atoms with Crippen molar-refractivity contribution in [1.29, 1.82) is 0 Å². The Morgan fingerprint density at radius 2 is 2.18 bits per heavy atom. The van der Waals surface area contributed by atoms with E-state index in [0.29, 0.717) is 12.4 Å². The largest absolute Gasteiger partial charge is 0.310 e. The zero-order valence-electron chi connectivity index (χ0n) is 10.1. The molecule has 0 amide bonds. The lowest BCUT2D eigenvalue weighted by atomic mass is 10.4. The topological polar surface area (TPSA) is 68.5 Å². The van der Waals surface area contributed by atoms with E-state index in [-0.39, 0.29) is 0 Å². The minimum atomic E-state index is 0.684. The standard InChI is InChI=1S/C11H16N6/c1-3-6-12-7-11-13-8-14-17(11)10-5-4-9(2)15-16-10/h4-5,8,12H,3,6-7H2,1-2H3. The van der Waals surface area contributed by atoms with Gasteiger partial charge in [0, 0.05) is 0 Å². The molecule has 0 aromatic carbocycles. The highest BCUT2D eigenvalue weighted by atomic mass is 15.4. The number of hydrogen-bond donors (Lipinski definition) is 1. The molecule has 0 saturated carbocycles. The maximum Gasteiger partial charge on any atom is 0.177 e. The van der Waals surface area contributed by atoms with Gasteiger partial charge in [-0.2, -0.15) is 14.9 Å². The zero-order chi connectivity index (χ0) is 12.1. The van der Waals surface area contributed by atoms with Gasteiger partial charge in [0.2, 0.25) is 0 Å². The Bertz CT molecular complexity index is 461. The number of aryl methyl sites for hydroxylation is 1. The van der Waals surface area contributed by atoms with Gasteiger partial charge in [-0.05, 0) is 32.0 Å². The molecule has 0 unspecified atom stereocenters. The molecule has 2 rings (SSSR count). The Balaban J connectivity index is 2.15. The van der Waals surface area contributed by atoms with Gasteiger partial charge in [0.05, 0.1) is 12.2 Å². The summed E-state index contributed by atoms with van der Waals surface area (Å²) < 4.78 is 1.70. The summed E-state index contributed by atoms with van der Waals surface area (Å²) in [7, 11) is 0. The Hall–Kier alpha value is -1.82. The molecule has 0 fully saturated rings. The predicted octanol–water partition coefficient (Wildman–Crippen LogP) is 0.865. The fourth-order valence-electron chi connectivity index (χ4n) is 1.46. The van der Waals surface area contributed by atoms with Gasteiger partial charge in [0.1, 0.15) is 12.2 Å². The van der Waals surface area contributed by atoms with Crippen LogP contribution in [0, 0.1) is 6.92 Å². The molecule has 0 spiro atoms. The van der Waals surface area contributed by atoms with E-state index < -0.39 is 0 Å². The van der Waals surface area contributed by atoms with E-state index in [9.17, 15) is 0 Å². The lowest BCUT2D eigenvalue weighted by molar-refractivity contribution is 0.627. The van der Waals surface area contributed by atoms with E-state index in [1.54, 1.807) is 4.68 Å². The average molecular weight is 232 g/mol. The van der Waals surface area contributed by atoms with E-state index in [1.165, 1.54) is 6.33 Å². The summed E-state index contributed by atoms with van der Waals surface area (Å²) >= 11 is 0. The van der Waals surface area contributed by atoms with Crippen molar-refractivity contribution in [2.24, 2.45) is 0 Å². The Kier molecular flexibility index (Phi) is 3.77. The van der Waals surface area contributed by atoms with Crippen LogP contribution in [0.1, 0.15) is 24.9 Å². The zero-order valence-corrected chi connectivity index (χ0v) is 10.1. The fraction of sp³-hybridized carbons (Fsp3) is 0.455. The van der Waals surface area contributed by atoms with Gasteiger partial charge in [-0.25, -0.2) is 4.98 Å². The van der Waals surface area contributed by atoms with Crippen LogP contribution in [0.25, 0.3) is 5.82 Å². The normalized spacial score (nSPS) is 10.7. The molecule has 1 N–H and O–H groups in total. The smallest absolute Gasteiger partial charge is 0.177 e. The first kappa shape index (κ1) is 11.7. The molecule has 6 nitrogen and oxygen atoms in total. The number of nitrogens with zero attached hydrogens (tertiary/aromatic N) is 5. The molecule has 2 aromatic heterocycles. The van der Waals surface area contributed by atoms with Crippen LogP contribution in [-0.2, 0) is 6.54 Å². The second-order valence-corrected chi connectivity index (χ2v) is 3.80. The third-order valence-electron chi connectivity index (χ3n) is 2.33. The summed E-state index contributed by atoms with van der Waals surface area (Å²) in [4.78, 5) is 4.21. The summed E-state index contributed by atoms with van der Waals surface area (Å²) in [6.45, 7) is 5.68. The van der Waals surface area contributed by atoms with Crippen LogP contribution in [-0.4, -0.2) is 31.5 Å². The molecule has 0 saturated heterocycles. The van der Waals surface area contributed by atoms with Crippen LogP contribution in [0.15, 0.2) is 18.5 Å². The monoisotopic (exact) mass is 232 g/mol. The summed E-state index contributed by atoms with van der Waals surface area (Å²) in [5.74, 6) is 1.54. The van der Waals surface area contributed by atoms with Gasteiger partial charge in [-0.3, -0.25) is 0 Å². The second-order valence-electron chi connectivity index (χ2n) is 3.80. The maximum absolute atomic E-state index is 4.21. The molecule has 17 heavy (non-hydrogen) atoms. The van der Waals surface area contributed by atoms with Crippen molar-refractivity contribution in [3.63, 3.8) is 0 Å². The Labute approximate surface area is 100 Å². The molecule has 0 aliphatic carbocycles. The number of nitrogens with one attached hydrogen (secondary N) is 1. The van der Waals surface area contributed by atoms with Crippen LogP contribution in [0.3, 0.4) is 0 Å². The molecular formula is C11H16N6. The van der Waals surface area contributed by atoms with Crippen LogP contribution in [0.5, 0.6) is 0 Å². The van der Waals surface area contributed by atoms with Crippen molar-refractivity contribution in [3.8, 4) is 5.82 Å². The van der Waals surface area contributed by atoms with Gasteiger partial charge in [-0.1, -0.05) is 6.92 Å². The summed E-state index contributed by atoms with van der Waals surface area (Å²) in [6, 6.07) is 3.80. The van der Waals surface area contributed by atoms with Crippen molar-refractivity contribution in [1.82, 2.24) is 30.3 Å². The fourth-order valence-corrected chi connectivity index (χ4v) is 1.46. The highest BCUT2D eigenvalue weighted by molar-refractivity contribution is 5.20. The molecule has 0 atom stereocenters. The third kappa shape index (κ3) is 2.85. The second kappa shape index (κ2) is 5.49. The van der Waals surface area contributed by atoms with Crippen LogP contribution in [0.2, 0.25) is 0 Å². The van der Waals surface area contributed by atoms with Crippen LogP contribution >= 0.6 is 0 Å². The van der Waals surface area contributed by atoms with E-state index in [4.69, 9.17) is 0 Å². The quantitative estimate of drug-likeness (QED) is 0.774. The Morgan fingerprint density at radius 3 is 2.88 bits per heavy atom. The first-order valence-corrected chi connectivity index (χ1v) is 5.71. The number of aromatic nitrogens is 5. The lowest BCUT2D eigenvalue weighted by Crippen LogP contribution is -2.18.